The van der Waals surface area contributed by atoms with E-state index in [4.69, 9.17) is 4.74 Å². The molecule has 0 N–H and O–H groups in total. The first-order valence-electron chi connectivity index (χ1n) is 9.99. The van der Waals surface area contributed by atoms with E-state index in [9.17, 15) is 4.79 Å². The maximum absolute atomic E-state index is 12.0. The van der Waals surface area contributed by atoms with E-state index >= 15 is 0 Å². The molecule has 2 nitrogen and oxygen atoms in total. The molecule has 0 spiro atoms. The van der Waals surface area contributed by atoms with E-state index in [1.807, 2.05) is 24.3 Å². The maximum atomic E-state index is 12.0. The molecule has 0 unspecified atom stereocenters. The van der Waals surface area contributed by atoms with E-state index in [1.54, 1.807) is 0 Å². The van der Waals surface area contributed by atoms with Crippen LogP contribution in [0.3, 0.4) is 0 Å². The van der Waals surface area contributed by atoms with Crippen LogP contribution >= 0.6 is 0 Å². The highest BCUT2D eigenvalue weighted by atomic mass is 16.5. The van der Waals surface area contributed by atoms with Crippen LogP contribution in [0.25, 0.3) is 0 Å². The molecule has 0 fully saturated rings. The van der Waals surface area contributed by atoms with Gasteiger partial charge in [0, 0.05) is 12.8 Å². The Kier molecular flexibility index (Phi) is 12.4. The molecule has 1 aromatic rings. The lowest BCUT2D eigenvalue weighted by Gasteiger charge is -2.06. The Bertz CT molecular complexity index is 519. The second-order valence-corrected chi connectivity index (χ2v) is 6.51. The lowest BCUT2D eigenvalue weighted by atomic mass is 10.1. The van der Waals surface area contributed by atoms with Crippen LogP contribution in [0.2, 0.25) is 0 Å². The van der Waals surface area contributed by atoms with Crippen LogP contribution in [0.1, 0.15) is 94.0 Å². The van der Waals surface area contributed by atoms with Gasteiger partial charge in [-0.3, -0.25) is 0 Å². The summed E-state index contributed by atoms with van der Waals surface area (Å²) in [6.45, 7) is 4.80. The molecular formula is C23H34O2. The Morgan fingerprint density at radius 2 is 1.56 bits per heavy atom. The summed E-state index contributed by atoms with van der Waals surface area (Å²) in [4.78, 5) is 12.0. The number of ether oxygens (including phenoxy) is 1. The van der Waals surface area contributed by atoms with Crippen molar-refractivity contribution in [3.05, 3.63) is 35.4 Å². The molecule has 1 aromatic carbocycles. The normalized spacial score (nSPS) is 10.2. The van der Waals surface area contributed by atoms with Crippen LogP contribution < -0.4 is 0 Å². The monoisotopic (exact) mass is 342 g/mol. The van der Waals surface area contributed by atoms with Gasteiger partial charge in [-0.2, -0.15) is 0 Å². The Morgan fingerprint density at radius 1 is 0.880 bits per heavy atom. The number of rotatable bonds is 12. The Hall–Kier alpha value is -1.75. The fourth-order valence-electron chi connectivity index (χ4n) is 2.67. The smallest absolute Gasteiger partial charge is 0.338 e. The lowest BCUT2D eigenvalue weighted by Crippen LogP contribution is -2.06. The second kappa shape index (κ2) is 14.6. The van der Waals surface area contributed by atoms with E-state index in [1.165, 1.54) is 44.1 Å². The van der Waals surface area contributed by atoms with Gasteiger partial charge in [-0.05, 0) is 43.4 Å². The number of unbranched alkanes of at least 4 members (excludes halogenated alkanes) is 7. The first-order valence-corrected chi connectivity index (χ1v) is 9.99. The highest BCUT2D eigenvalue weighted by molar-refractivity contribution is 5.89. The van der Waals surface area contributed by atoms with Crippen LogP contribution in [0.15, 0.2) is 24.3 Å². The molecule has 138 valence electrons. The Balaban J connectivity index is 2.05. The first-order chi connectivity index (χ1) is 12.3. The summed E-state index contributed by atoms with van der Waals surface area (Å²) >= 11 is 0. The quantitative estimate of drug-likeness (QED) is 0.252. The minimum absolute atomic E-state index is 0.198. The van der Waals surface area contributed by atoms with Gasteiger partial charge in [0.05, 0.1) is 12.2 Å². The number of hydrogen-bond acceptors (Lipinski definition) is 2. The maximum Gasteiger partial charge on any atom is 0.338 e. The third-order valence-corrected chi connectivity index (χ3v) is 4.24. The van der Waals surface area contributed by atoms with Crippen molar-refractivity contribution in [2.45, 2.75) is 84.5 Å². The molecule has 0 radical (unpaired) electrons. The van der Waals surface area contributed by atoms with Crippen LogP contribution in [-0.2, 0) is 11.2 Å². The van der Waals surface area contributed by atoms with Gasteiger partial charge < -0.3 is 4.74 Å². The number of hydrogen-bond donors (Lipinski definition) is 0. The standard InChI is InChI=1S/C23H34O2/c1-3-5-7-8-9-10-11-12-13-14-20-25-23(24)22-18-16-21(17-19-22)15-6-4-2/h16-19H,3-4,6,8-15,20H2,1-2H3. The van der Waals surface area contributed by atoms with Crippen molar-refractivity contribution in [1.82, 2.24) is 0 Å². The molecule has 0 aromatic heterocycles. The zero-order valence-corrected chi connectivity index (χ0v) is 16.1. The highest BCUT2D eigenvalue weighted by Gasteiger charge is 2.06. The van der Waals surface area contributed by atoms with Crippen molar-refractivity contribution >= 4 is 5.97 Å². The molecule has 0 saturated heterocycles. The second-order valence-electron chi connectivity index (χ2n) is 6.51. The molecular weight excluding hydrogens is 308 g/mol. The summed E-state index contributed by atoms with van der Waals surface area (Å²) < 4.78 is 5.36. The molecule has 0 saturated carbocycles. The Labute approximate surface area is 154 Å². The third-order valence-electron chi connectivity index (χ3n) is 4.24. The van der Waals surface area contributed by atoms with Gasteiger partial charge in [-0.25, -0.2) is 4.79 Å². The minimum Gasteiger partial charge on any atom is -0.462 e. The summed E-state index contributed by atoms with van der Waals surface area (Å²) in [5, 5.41) is 0. The topological polar surface area (TPSA) is 26.3 Å². The zero-order valence-electron chi connectivity index (χ0n) is 16.1. The number of aryl methyl sites for hydroxylation is 1. The third kappa shape index (κ3) is 10.7. The molecule has 0 aliphatic carbocycles. The predicted octanol–water partition coefficient (Wildman–Crippen LogP) is 6.33. The molecule has 0 heterocycles. The molecule has 0 atom stereocenters. The first kappa shape index (κ1) is 21.3. The van der Waals surface area contributed by atoms with Crippen molar-refractivity contribution in [3.63, 3.8) is 0 Å². The van der Waals surface area contributed by atoms with Crippen LogP contribution in [0.4, 0.5) is 0 Å². The van der Waals surface area contributed by atoms with Crippen molar-refractivity contribution in [3.8, 4) is 11.8 Å². The van der Waals surface area contributed by atoms with Gasteiger partial charge in [0.2, 0.25) is 0 Å². The summed E-state index contributed by atoms with van der Waals surface area (Å²) in [7, 11) is 0. The highest BCUT2D eigenvalue weighted by Crippen LogP contribution is 2.10. The molecule has 0 amide bonds. The van der Waals surface area contributed by atoms with Gasteiger partial charge >= 0.3 is 5.97 Å². The number of carbonyl (C=O) groups excluding carboxylic acids is 1. The van der Waals surface area contributed by atoms with Crippen molar-refractivity contribution in [2.75, 3.05) is 6.61 Å². The van der Waals surface area contributed by atoms with Crippen LogP contribution in [0, 0.1) is 11.8 Å². The van der Waals surface area contributed by atoms with Gasteiger partial charge in [-0.15, -0.1) is 11.8 Å². The lowest BCUT2D eigenvalue weighted by molar-refractivity contribution is 0.0497. The molecule has 0 bridgehead atoms. The van der Waals surface area contributed by atoms with E-state index in [0.29, 0.717) is 12.2 Å². The van der Waals surface area contributed by atoms with Crippen molar-refractivity contribution < 1.29 is 9.53 Å². The summed E-state index contributed by atoms with van der Waals surface area (Å²) in [5.74, 6) is 6.09. The number of carbonyl (C=O) groups is 1. The SMILES string of the molecule is CCC#CCCCCCCCCOC(=O)c1ccc(CCCC)cc1. The predicted molar refractivity (Wildman–Crippen MR) is 106 cm³/mol. The molecule has 0 aliphatic heterocycles. The fourth-order valence-corrected chi connectivity index (χ4v) is 2.67. The van der Waals surface area contributed by atoms with Crippen molar-refractivity contribution in [1.29, 1.82) is 0 Å². The largest absolute Gasteiger partial charge is 0.462 e. The molecule has 25 heavy (non-hydrogen) atoms. The summed E-state index contributed by atoms with van der Waals surface area (Å²) in [5.41, 5.74) is 1.95. The average molecular weight is 343 g/mol. The van der Waals surface area contributed by atoms with Gasteiger partial charge in [0.1, 0.15) is 0 Å². The van der Waals surface area contributed by atoms with E-state index in [2.05, 4.69) is 25.7 Å². The van der Waals surface area contributed by atoms with Crippen molar-refractivity contribution in [2.24, 2.45) is 0 Å². The Morgan fingerprint density at radius 3 is 2.24 bits per heavy atom. The van der Waals surface area contributed by atoms with Gasteiger partial charge in [0.15, 0.2) is 0 Å². The number of esters is 1. The fraction of sp³-hybridized carbons (Fsp3) is 0.609. The van der Waals surface area contributed by atoms with E-state index in [-0.39, 0.29) is 5.97 Å². The number of benzene rings is 1. The summed E-state index contributed by atoms with van der Waals surface area (Å²) in [6.07, 6.45) is 12.5. The van der Waals surface area contributed by atoms with Crippen LogP contribution in [-0.4, -0.2) is 12.6 Å². The minimum atomic E-state index is -0.198. The molecule has 1 rings (SSSR count). The van der Waals surface area contributed by atoms with Crippen LogP contribution in [0.5, 0.6) is 0 Å². The van der Waals surface area contributed by atoms with Gasteiger partial charge in [0.25, 0.3) is 0 Å². The zero-order chi connectivity index (χ0) is 18.2. The molecule has 2 heteroatoms. The van der Waals surface area contributed by atoms with Gasteiger partial charge in [-0.1, -0.05) is 58.1 Å². The molecule has 0 aliphatic rings. The van der Waals surface area contributed by atoms with E-state index in [0.717, 1.165) is 32.1 Å². The van der Waals surface area contributed by atoms with E-state index < -0.39 is 0 Å². The summed E-state index contributed by atoms with van der Waals surface area (Å²) in [6, 6.07) is 7.85. The average Bonchev–Trinajstić information content (AvgIpc) is 2.64.